The van der Waals surface area contributed by atoms with Gasteiger partial charge in [0.2, 0.25) is 0 Å². The van der Waals surface area contributed by atoms with Crippen LogP contribution < -0.4 is 5.73 Å². The van der Waals surface area contributed by atoms with Gasteiger partial charge in [-0.15, -0.1) is 0 Å². The first kappa shape index (κ1) is 13.7. The van der Waals surface area contributed by atoms with E-state index in [0.717, 1.165) is 30.6 Å². The van der Waals surface area contributed by atoms with Crippen LogP contribution in [0.2, 0.25) is 0 Å². The molecule has 0 aliphatic carbocycles. The fourth-order valence-corrected chi connectivity index (χ4v) is 2.12. The van der Waals surface area contributed by atoms with Gasteiger partial charge in [-0.05, 0) is 43.5 Å². The number of nitrogens with zero attached hydrogens (tertiary/aromatic N) is 2. The SMILES string of the molecule is NCCCCCCc1ccc(-c2cccnn2)cc1. The molecule has 1 heterocycles. The van der Waals surface area contributed by atoms with Crippen LogP contribution in [0.3, 0.4) is 0 Å². The van der Waals surface area contributed by atoms with Crippen LogP contribution in [0.25, 0.3) is 11.3 Å². The van der Waals surface area contributed by atoms with Gasteiger partial charge in [0.25, 0.3) is 0 Å². The van der Waals surface area contributed by atoms with E-state index in [-0.39, 0.29) is 0 Å². The van der Waals surface area contributed by atoms with Gasteiger partial charge in [0.15, 0.2) is 0 Å². The molecule has 3 nitrogen and oxygen atoms in total. The molecule has 2 N–H and O–H groups in total. The van der Waals surface area contributed by atoms with E-state index < -0.39 is 0 Å². The number of aryl methyl sites for hydroxylation is 1. The molecule has 3 heteroatoms. The lowest BCUT2D eigenvalue weighted by atomic mass is 10.0. The molecule has 100 valence electrons. The van der Waals surface area contributed by atoms with Gasteiger partial charge >= 0.3 is 0 Å². The van der Waals surface area contributed by atoms with Crippen molar-refractivity contribution in [3.05, 3.63) is 48.2 Å². The summed E-state index contributed by atoms with van der Waals surface area (Å²) in [7, 11) is 0. The van der Waals surface area contributed by atoms with Gasteiger partial charge < -0.3 is 5.73 Å². The Hall–Kier alpha value is -1.74. The summed E-state index contributed by atoms with van der Waals surface area (Å²) in [6.45, 7) is 0.812. The highest BCUT2D eigenvalue weighted by molar-refractivity contribution is 5.58. The molecule has 1 aromatic heterocycles. The second kappa shape index (κ2) is 7.64. The summed E-state index contributed by atoms with van der Waals surface area (Å²) in [5.74, 6) is 0. The quantitative estimate of drug-likeness (QED) is 0.773. The van der Waals surface area contributed by atoms with E-state index in [1.165, 1.54) is 24.8 Å². The monoisotopic (exact) mass is 255 g/mol. The first-order valence-corrected chi connectivity index (χ1v) is 6.97. The molecule has 2 aromatic rings. The molecule has 0 bridgehead atoms. The fraction of sp³-hybridized carbons (Fsp3) is 0.375. The summed E-state index contributed by atoms with van der Waals surface area (Å²) in [5.41, 5.74) is 8.92. The smallest absolute Gasteiger partial charge is 0.0929 e. The molecule has 2 rings (SSSR count). The highest BCUT2D eigenvalue weighted by Crippen LogP contribution is 2.17. The van der Waals surface area contributed by atoms with Crippen molar-refractivity contribution >= 4 is 0 Å². The van der Waals surface area contributed by atoms with Crippen molar-refractivity contribution in [1.82, 2.24) is 10.2 Å². The largest absolute Gasteiger partial charge is 0.330 e. The molecule has 0 unspecified atom stereocenters. The van der Waals surface area contributed by atoms with E-state index in [9.17, 15) is 0 Å². The predicted octanol–water partition coefficient (Wildman–Crippen LogP) is 3.21. The maximum absolute atomic E-state index is 5.48. The number of hydrogen-bond acceptors (Lipinski definition) is 3. The van der Waals surface area contributed by atoms with E-state index in [4.69, 9.17) is 5.73 Å². The molecule has 19 heavy (non-hydrogen) atoms. The number of benzene rings is 1. The number of nitrogens with two attached hydrogens (primary N) is 1. The molecule has 0 saturated carbocycles. The Kier molecular flexibility index (Phi) is 5.50. The second-order valence-corrected chi connectivity index (χ2v) is 4.76. The third kappa shape index (κ3) is 4.45. The van der Waals surface area contributed by atoms with Gasteiger partial charge in [0.1, 0.15) is 0 Å². The predicted molar refractivity (Wildman–Crippen MR) is 78.7 cm³/mol. The van der Waals surface area contributed by atoms with Gasteiger partial charge in [-0.3, -0.25) is 0 Å². The van der Waals surface area contributed by atoms with E-state index in [0.29, 0.717) is 0 Å². The molecule has 0 spiro atoms. The Morgan fingerprint density at radius 3 is 2.37 bits per heavy atom. The van der Waals surface area contributed by atoms with Crippen LogP contribution >= 0.6 is 0 Å². The summed E-state index contributed by atoms with van der Waals surface area (Å²) in [5, 5.41) is 8.01. The first-order valence-electron chi connectivity index (χ1n) is 6.97. The molecular weight excluding hydrogens is 234 g/mol. The topological polar surface area (TPSA) is 51.8 Å². The van der Waals surface area contributed by atoms with Crippen molar-refractivity contribution in [3.8, 4) is 11.3 Å². The average molecular weight is 255 g/mol. The average Bonchev–Trinajstić information content (AvgIpc) is 2.49. The Morgan fingerprint density at radius 2 is 1.68 bits per heavy atom. The van der Waals surface area contributed by atoms with Crippen molar-refractivity contribution in [3.63, 3.8) is 0 Å². The Labute approximate surface area is 114 Å². The van der Waals surface area contributed by atoms with Gasteiger partial charge in [0, 0.05) is 11.8 Å². The number of hydrogen-bond donors (Lipinski definition) is 1. The van der Waals surface area contributed by atoms with Crippen LogP contribution in [0.5, 0.6) is 0 Å². The third-order valence-corrected chi connectivity index (χ3v) is 3.24. The summed E-state index contributed by atoms with van der Waals surface area (Å²) < 4.78 is 0. The van der Waals surface area contributed by atoms with Crippen LogP contribution in [-0.2, 0) is 6.42 Å². The number of unbranched alkanes of at least 4 members (excludes halogenated alkanes) is 3. The Balaban J connectivity index is 1.85. The minimum absolute atomic E-state index is 0.812. The van der Waals surface area contributed by atoms with Crippen molar-refractivity contribution in [1.29, 1.82) is 0 Å². The van der Waals surface area contributed by atoms with E-state index in [1.807, 2.05) is 12.1 Å². The molecule has 0 radical (unpaired) electrons. The molecule has 0 atom stereocenters. The molecule has 0 fully saturated rings. The number of aromatic nitrogens is 2. The zero-order valence-corrected chi connectivity index (χ0v) is 11.3. The van der Waals surface area contributed by atoms with Gasteiger partial charge in [-0.25, -0.2) is 0 Å². The zero-order chi connectivity index (χ0) is 13.3. The highest BCUT2D eigenvalue weighted by Gasteiger charge is 1.99. The normalized spacial score (nSPS) is 10.6. The molecule has 0 aliphatic rings. The summed E-state index contributed by atoms with van der Waals surface area (Å²) in [6, 6.07) is 12.5. The van der Waals surface area contributed by atoms with Crippen molar-refractivity contribution < 1.29 is 0 Å². The fourth-order valence-electron chi connectivity index (χ4n) is 2.12. The molecule has 1 aromatic carbocycles. The first-order chi connectivity index (χ1) is 9.40. The zero-order valence-electron chi connectivity index (χ0n) is 11.3. The Bertz CT molecular complexity index is 465. The van der Waals surface area contributed by atoms with Crippen molar-refractivity contribution in [2.45, 2.75) is 32.1 Å². The van der Waals surface area contributed by atoms with Crippen LogP contribution in [0.15, 0.2) is 42.6 Å². The summed E-state index contributed by atoms with van der Waals surface area (Å²) in [4.78, 5) is 0. The van der Waals surface area contributed by atoms with Gasteiger partial charge in [0.05, 0.1) is 5.69 Å². The van der Waals surface area contributed by atoms with E-state index in [1.54, 1.807) is 6.20 Å². The molecule has 0 saturated heterocycles. The van der Waals surface area contributed by atoms with Crippen LogP contribution in [-0.4, -0.2) is 16.7 Å². The Morgan fingerprint density at radius 1 is 0.895 bits per heavy atom. The standard InChI is InChI=1S/C16H21N3/c17-12-4-2-1-3-6-14-8-10-15(11-9-14)16-7-5-13-18-19-16/h5,7-11,13H,1-4,6,12,17H2. The van der Waals surface area contributed by atoms with E-state index in [2.05, 4.69) is 34.5 Å². The lowest BCUT2D eigenvalue weighted by Gasteiger charge is -2.04. The molecule has 0 aliphatic heterocycles. The maximum Gasteiger partial charge on any atom is 0.0929 e. The summed E-state index contributed by atoms with van der Waals surface area (Å²) in [6.07, 6.45) is 7.73. The van der Waals surface area contributed by atoms with Crippen LogP contribution in [0, 0.1) is 0 Å². The lowest BCUT2D eigenvalue weighted by molar-refractivity contribution is 0.647. The van der Waals surface area contributed by atoms with Crippen molar-refractivity contribution in [2.75, 3.05) is 6.54 Å². The second-order valence-electron chi connectivity index (χ2n) is 4.76. The number of rotatable bonds is 7. The minimum atomic E-state index is 0.812. The van der Waals surface area contributed by atoms with Gasteiger partial charge in [-0.2, -0.15) is 10.2 Å². The van der Waals surface area contributed by atoms with Crippen LogP contribution in [0.4, 0.5) is 0 Å². The third-order valence-electron chi connectivity index (χ3n) is 3.24. The van der Waals surface area contributed by atoms with Gasteiger partial charge in [-0.1, -0.05) is 37.1 Å². The van der Waals surface area contributed by atoms with Crippen molar-refractivity contribution in [2.24, 2.45) is 5.73 Å². The highest BCUT2D eigenvalue weighted by atomic mass is 15.1. The molecular formula is C16H21N3. The molecule has 0 amide bonds. The van der Waals surface area contributed by atoms with E-state index >= 15 is 0 Å². The minimum Gasteiger partial charge on any atom is -0.330 e. The maximum atomic E-state index is 5.48. The summed E-state index contributed by atoms with van der Waals surface area (Å²) >= 11 is 0. The van der Waals surface area contributed by atoms with Crippen LogP contribution in [0.1, 0.15) is 31.2 Å². The lowest BCUT2D eigenvalue weighted by Crippen LogP contribution is -1.97.